The first kappa shape index (κ1) is 15.6. The molecule has 2 nitrogen and oxygen atoms in total. The van der Waals surface area contributed by atoms with Gasteiger partial charge in [0.05, 0.1) is 12.6 Å². The fourth-order valence-corrected chi connectivity index (χ4v) is 2.52. The van der Waals surface area contributed by atoms with Crippen LogP contribution < -0.4 is 10.5 Å². The Labute approximate surface area is 127 Å². The number of nitrogens with two attached hydrogens (primary N) is 1. The quantitative estimate of drug-likeness (QED) is 0.880. The third-order valence-electron chi connectivity index (χ3n) is 3.91. The van der Waals surface area contributed by atoms with E-state index >= 15 is 0 Å². The summed E-state index contributed by atoms with van der Waals surface area (Å²) >= 11 is 0. The van der Waals surface area contributed by atoms with Gasteiger partial charge in [-0.25, -0.2) is 0 Å². The van der Waals surface area contributed by atoms with Crippen LogP contribution in [0.5, 0.6) is 5.75 Å². The van der Waals surface area contributed by atoms with Gasteiger partial charge in [0, 0.05) is 0 Å². The third-order valence-corrected chi connectivity index (χ3v) is 3.91. The van der Waals surface area contributed by atoms with Crippen molar-refractivity contribution in [3.8, 4) is 5.75 Å². The summed E-state index contributed by atoms with van der Waals surface area (Å²) in [7, 11) is 0. The maximum Gasteiger partial charge on any atom is 0.119 e. The maximum atomic E-state index is 6.48. The van der Waals surface area contributed by atoms with Crippen LogP contribution in [-0.4, -0.2) is 6.61 Å². The number of hydrogen-bond acceptors (Lipinski definition) is 2. The maximum absolute atomic E-state index is 6.48. The minimum atomic E-state index is -0.116. The van der Waals surface area contributed by atoms with Crippen molar-refractivity contribution in [2.24, 2.45) is 5.73 Å². The van der Waals surface area contributed by atoms with E-state index in [1.54, 1.807) is 0 Å². The van der Waals surface area contributed by atoms with Crippen LogP contribution in [0, 0.1) is 20.8 Å². The molecule has 2 rings (SSSR count). The molecule has 0 radical (unpaired) electrons. The molecular formula is C19H25NO. The predicted molar refractivity (Wildman–Crippen MR) is 88.9 cm³/mol. The third kappa shape index (κ3) is 3.64. The molecule has 2 N–H and O–H groups in total. The number of benzene rings is 2. The summed E-state index contributed by atoms with van der Waals surface area (Å²) in [5.74, 6) is 0.895. The molecule has 0 saturated heterocycles. The second-order valence-corrected chi connectivity index (χ2v) is 5.69. The van der Waals surface area contributed by atoms with Crippen LogP contribution in [0.15, 0.2) is 36.4 Å². The van der Waals surface area contributed by atoms with Gasteiger partial charge in [-0.15, -0.1) is 0 Å². The first-order valence-electron chi connectivity index (χ1n) is 7.59. The van der Waals surface area contributed by atoms with Crippen molar-refractivity contribution in [3.05, 3.63) is 64.2 Å². The summed E-state index contributed by atoms with van der Waals surface area (Å²) < 4.78 is 5.70. The van der Waals surface area contributed by atoms with Crippen LogP contribution >= 0.6 is 0 Å². The van der Waals surface area contributed by atoms with E-state index in [1.165, 1.54) is 22.3 Å². The molecule has 0 bridgehead atoms. The van der Waals surface area contributed by atoms with Crippen LogP contribution in [0.3, 0.4) is 0 Å². The molecule has 0 heterocycles. The van der Waals surface area contributed by atoms with Gasteiger partial charge in [0.15, 0.2) is 0 Å². The van der Waals surface area contributed by atoms with Crippen molar-refractivity contribution >= 4 is 0 Å². The number of hydrogen-bond donors (Lipinski definition) is 1. The van der Waals surface area contributed by atoms with Crippen LogP contribution in [0.2, 0.25) is 0 Å². The lowest BCUT2D eigenvalue weighted by Crippen LogP contribution is -2.14. The lowest BCUT2D eigenvalue weighted by molar-refractivity contribution is 0.317. The van der Waals surface area contributed by atoms with Crippen LogP contribution in [0.1, 0.15) is 47.2 Å². The Morgan fingerprint density at radius 1 is 1.00 bits per heavy atom. The Morgan fingerprint density at radius 3 is 2.43 bits per heavy atom. The Balaban J connectivity index is 2.31. The van der Waals surface area contributed by atoms with Crippen molar-refractivity contribution in [2.75, 3.05) is 6.61 Å². The Kier molecular flexibility index (Phi) is 5.03. The zero-order chi connectivity index (χ0) is 15.4. The number of ether oxygens (including phenoxy) is 1. The Hall–Kier alpha value is -1.80. The topological polar surface area (TPSA) is 35.2 Å². The van der Waals surface area contributed by atoms with Crippen molar-refractivity contribution in [3.63, 3.8) is 0 Å². The van der Waals surface area contributed by atoms with Gasteiger partial charge in [-0.1, -0.05) is 31.2 Å². The van der Waals surface area contributed by atoms with Gasteiger partial charge in [-0.3, -0.25) is 0 Å². The van der Waals surface area contributed by atoms with Crippen LogP contribution in [0.4, 0.5) is 0 Å². The van der Waals surface area contributed by atoms with Gasteiger partial charge < -0.3 is 10.5 Å². The van der Waals surface area contributed by atoms with Gasteiger partial charge >= 0.3 is 0 Å². The van der Waals surface area contributed by atoms with E-state index in [-0.39, 0.29) is 6.04 Å². The van der Waals surface area contributed by atoms with Gasteiger partial charge in [0.1, 0.15) is 5.75 Å². The second kappa shape index (κ2) is 6.77. The average Bonchev–Trinajstić information content (AvgIpc) is 2.48. The zero-order valence-corrected chi connectivity index (χ0v) is 13.4. The normalized spacial score (nSPS) is 12.2. The van der Waals surface area contributed by atoms with E-state index in [1.807, 2.05) is 12.1 Å². The van der Waals surface area contributed by atoms with Gasteiger partial charge in [0.25, 0.3) is 0 Å². The largest absolute Gasteiger partial charge is 0.494 e. The van der Waals surface area contributed by atoms with E-state index in [0.717, 1.165) is 24.3 Å². The van der Waals surface area contributed by atoms with Crippen molar-refractivity contribution in [2.45, 2.75) is 40.2 Å². The van der Waals surface area contributed by atoms with Crippen LogP contribution in [0.25, 0.3) is 0 Å². The van der Waals surface area contributed by atoms with Gasteiger partial charge in [-0.05, 0) is 67.1 Å². The molecule has 112 valence electrons. The standard InChI is InChI=1S/C19H25NO/c1-5-9-21-17-8-6-7-16(12-17)19(20)18-11-14(3)13(2)10-15(18)4/h6-8,10-12,19H,5,9,20H2,1-4H3. The molecule has 0 saturated carbocycles. The van der Waals surface area contributed by atoms with E-state index < -0.39 is 0 Å². The van der Waals surface area contributed by atoms with Crippen LogP contribution in [-0.2, 0) is 0 Å². The Morgan fingerprint density at radius 2 is 1.71 bits per heavy atom. The second-order valence-electron chi connectivity index (χ2n) is 5.69. The predicted octanol–water partition coefficient (Wildman–Crippen LogP) is 4.45. The molecule has 0 aromatic heterocycles. The lowest BCUT2D eigenvalue weighted by Gasteiger charge is -2.18. The summed E-state index contributed by atoms with van der Waals surface area (Å²) in [6.45, 7) is 9.23. The summed E-state index contributed by atoms with van der Waals surface area (Å²) in [5.41, 5.74) is 12.6. The molecule has 0 spiro atoms. The highest BCUT2D eigenvalue weighted by Gasteiger charge is 2.13. The molecule has 0 aliphatic rings. The van der Waals surface area contributed by atoms with E-state index in [2.05, 4.69) is 52.0 Å². The summed E-state index contributed by atoms with van der Waals surface area (Å²) in [4.78, 5) is 0. The Bertz CT molecular complexity index is 619. The van der Waals surface area contributed by atoms with E-state index in [0.29, 0.717) is 0 Å². The molecule has 21 heavy (non-hydrogen) atoms. The molecule has 1 atom stereocenters. The first-order chi connectivity index (χ1) is 10.0. The van der Waals surface area contributed by atoms with Crippen molar-refractivity contribution in [1.29, 1.82) is 0 Å². The van der Waals surface area contributed by atoms with Crippen molar-refractivity contribution < 1.29 is 4.74 Å². The summed E-state index contributed by atoms with van der Waals surface area (Å²) in [6, 6.07) is 12.4. The minimum absolute atomic E-state index is 0.116. The average molecular weight is 283 g/mol. The molecular weight excluding hydrogens is 258 g/mol. The summed E-state index contributed by atoms with van der Waals surface area (Å²) in [6.07, 6.45) is 1.01. The summed E-state index contributed by atoms with van der Waals surface area (Å²) in [5, 5.41) is 0. The molecule has 0 fully saturated rings. The zero-order valence-electron chi connectivity index (χ0n) is 13.4. The highest BCUT2D eigenvalue weighted by Crippen LogP contribution is 2.27. The molecule has 2 aromatic carbocycles. The SMILES string of the molecule is CCCOc1cccc(C(N)c2cc(C)c(C)cc2C)c1. The van der Waals surface area contributed by atoms with Gasteiger partial charge in [0.2, 0.25) is 0 Å². The first-order valence-corrected chi connectivity index (χ1v) is 7.59. The molecule has 2 heteroatoms. The lowest BCUT2D eigenvalue weighted by atomic mass is 9.92. The van der Waals surface area contributed by atoms with Gasteiger partial charge in [-0.2, -0.15) is 0 Å². The smallest absolute Gasteiger partial charge is 0.119 e. The van der Waals surface area contributed by atoms with E-state index in [4.69, 9.17) is 10.5 Å². The molecule has 0 aliphatic carbocycles. The highest BCUT2D eigenvalue weighted by molar-refractivity contribution is 5.43. The number of rotatable bonds is 5. The van der Waals surface area contributed by atoms with Crippen molar-refractivity contribution in [1.82, 2.24) is 0 Å². The molecule has 1 unspecified atom stereocenters. The van der Waals surface area contributed by atoms with E-state index in [9.17, 15) is 0 Å². The monoisotopic (exact) mass is 283 g/mol. The fourth-order valence-electron chi connectivity index (χ4n) is 2.52. The highest BCUT2D eigenvalue weighted by atomic mass is 16.5. The fraction of sp³-hybridized carbons (Fsp3) is 0.368. The minimum Gasteiger partial charge on any atom is -0.494 e. The molecule has 0 aliphatic heterocycles. The molecule has 0 amide bonds. The number of aryl methyl sites for hydroxylation is 3. The molecule has 2 aromatic rings.